The van der Waals surface area contributed by atoms with Gasteiger partial charge in [0.2, 0.25) is 5.79 Å². The SMILES string of the molecule is CCN(CC)Cc1ccc(OC)c(-c2ccc(O)c3c2CC2CC4C(N(C)C)C(O)=C(C(N)=O)C(O)(O)C4C(=O)C2=C3O)c1. The Morgan fingerprint density at radius 1 is 1.07 bits per heavy atom. The van der Waals surface area contributed by atoms with Crippen molar-refractivity contribution < 1.29 is 39.9 Å². The van der Waals surface area contributed by atoms with Gasteiger partial charge in [0.05, 0.1) is 24.6 Å². The van der Waals surface area contributed by atoms with Gasteiger partial charge >= 0.3 is 0 Å². The Morgan fingerprint density at radius 3 is 2.34 bits per heavy atom. The number of allylic oxidation sites excluding steroid dienone is 1. The highest BCUT2D eigenvalue weighted by molar-refractivity contribution is 6.08. The van der Waals surface area contributed by atoms with Gasteiger partial charge < -0.3 is 36.0 Å². The Labute approximate surface area is 256 Å². The van der Waals surface area contributed by atoms with Crippen LogP contribution in [0.2, 0.25) is 0 Å². The largest absolute Gasteiger partial charge is 0.510 e. The molecule has 0 spiro atoms. The zero-order valence-electron chi connectivity index (χ0n) is 25.7. The summed E-state index contributed by atoms with van der Waals surface area (Å²) >= 11 is 0. The topological polar surface area (TPSA) is 177 Å². The van der Waals surface area contributed by atoms with Crippen molar-refractivity contribution in [3.63, 3.8) is 0 Å². The highest BCUT2D eigenvalue weighted by Crippen LogP contribution is 2.54. The van der Waals surface area contributed by atoms with Gasteiger partial charge in [-0.1, -0.05) is 26.0 Å². The minimum absolute atomic E-state index is 0.0522. The third kappa shape index (κ3) is 4.84. The summed E-state index contributed by atoms with van der Waals surface area (Å²) in [5.74, 6) is -8.78. The number of carbonyl (C=O) groups excluding carboxylic acids is 2. The standard InChI is InChI=1S/C33H41N3O8/c1-6-36(7-2)15-16-8-11-23(44-5)19(12-16)18-9-10-22(37)25-20(18)13-17-14-21-26(30(39)24(17)29(25)38)33(42,43)27(32(34)41)31(40)28(21)35(3)4/h8-12,17,21,26,28,37-38,40,42-43H,6-7,13-15H2,1-5H3,(H2,34,41). The number of methoxy groups -OCH3 is 1. The molecule has 11 nitrogen and oxygen atoms in total. The maximum Gasteiger partial charge on any atom is 0.253 e. The number of hydrogen-bond donors (Lipinski definition) is 6. The van der Waals surface area contributed by atoms with Crippen LogP contribution < -0.4 is 10.5 Å². The predicted molar refractivity (Wildman–Crippen MR) is 164 cm³/mol. The van der Waals surface area contributed by atoms with Gasteiger partial charge in [-0.25, -0.2) is 0 Å². The number of hydrogen-bond acceptors (Lipinski definition) is 10. The molecular formula is C33H41N3O8. The minimum atomic E-state index is -3.06. The molecule has 44 heavy (non-hydrogen) atoms. The number of phenolic OH excluding ortho intramolecular Hbond substituents is 1. The number of aliphatic hydroxyl groups is 4. The van der Waals surface area contributed by atoms with E-state index < -0.39 is 58.4 Å². The third-order valence-corrected chi connectivity index (χ3v) is 9.58. The molecule has 0 aliphatic heterocycles. The highest BCUT2D eigenvalue weighted by atomic mass is 16.5. The molecule has 1 fully saturated rings. The van der Waals surface area contributed by atoms with E-state index in [1.165, 1.54) is 6.07 Å². The maximum absolute atomic E-state index is 14.1. The molecule has 11 heteroatoms. The summed E-state index contributed by atoms with van der Waals surface area (Å²) in [7, 11) is 4.87. The van der Waals surface area contributed by atoms with E-state index in [1.807, 2.05) is 18.2 Å². The second kappa shape index (κ2) is 11.6. The van der Waals surface area contributed by atoms with Crippen LogP contribution in [-0.2, 0) is 22.6 Å². The molecular weight excluding hydrogens is 566 g/mol. The lowest BCUT2D eigenvalue weighted by Crippen LogP contribution is -2.62. The van der Waals surface area contributed by atoms with Crippen molar-refractivity contribution in [3.8, 4) is 22.6 Å². The molecule has 2 aromatic rings. The van der Waals surface area contributed by atoms with Crippen LogP contribution in [0.5, 0.6) is 11.5 Å². The Morgan fingerprint density at radius 2 is 1.75 bits per heavy atom. The smallest absolute Gasteiger partial charge is 0.253 e. The number of rotatable bonds is 8. The van der Waals surface area contributed by atoms with E-state index in [0.29, 0.717) is 11.3 Å². The fourth-order valence-electron chi connectivity index (χ4n) is 7.58. The van der Waals surface area contributed by atoms with Crippen LogP contribution in [0, 0.1) is 17.8 Å². The van der Waals surface area contributed by atoms with E-state index >= 15 is 0 Å². The lowest BCUT2D eigenvalue weighted by molar-refractivity contribution is -0.203. The van der Waals surface area contributed by atoms with Gasteiger partial charge in [-0.3, -0.25) is 19.4 Å². The van der Waals surface area contributed by atoms with Crippen LogP contribution in [0.1, 0.15) is 37.0 Å². The molecule has 1 amide bonds. The van der Waals surface area contributed by atoms with Crippen LogP contribution >= 0.6 is 0 Å². The van der Waals surface area contributed by atoms with Crippen molar-refractivity contribution in [2.24, 2.45) is 23.5 Å². The third-order valence-electron chi connectivity index (χ3n) is 9.58. The van der Waals surface area contributed by atoms with Gasteiger partial charge in [0, 0.05) is 17.7 Å². The second-order valence-corrected chi connectivity index (χ2v) is 12.1. The van der Waals surface area contributed by atoms with Gasteiger partial charge in [-0.15, -0.1) is 0 Å². The summed E-state index contributed by atoms with van der Waals surface area (Å²) in [4.78, 5) is 30.3. The number of aliphatic hydroxyl groups excluding tert-OH is 2. The van der Waals surface area contributed by atoms with Gasteiger partial charge in [-0.05, 0) is 86.8 Å². The number of primary amides is 1. The predicted octanol–water partition coefficient (Wildman–Crippen LogP) is 2.48. The van der Waals surface area contributed by atoms with Crippen molar-refractivity contribution in [2.45, 2.75) is 45.1 Å². The molecule has 0 bridgehead atoms. The summed E-state index contributed by atoms with van der Waals surface area (Å²) < 4.78 is 5.72. The van der Waals surface area contributed by atoms with E-state index in [4.69, 9.17) is 10.5 Å². The number of benzene rings is 2. The highest BCUT2D eigenvalue weighted by Gasteiger charge is 2.62. The molecule has 0 saturated heterocycles. The number of amides is 1. The Bertz CT molecular complexity index is 1570. The average molecular weight is 608 g/mol. The number of aromatic hydroxyl groups is 1. The molecule has 0 radical (unpaired) electrons. The molecule has 4 unspecified atom stereocenters. The number of likely N-dealkylation sites (N-methyl/N-ethyl adjacent to an activating group) is 1. The lowest BCUT2D eigenvalue weighted by atomic mass is 9.57. The van der Waals surface area contributed by atoms with Crippen molar-refractivity contribution >= 4 is 17.4 Å². The molecule has 1 saturated carbocycles. The molecule has 3 aliphatic rings. The monoisotopic (exact) mass is 607 g/mol. The molecule has 7 N–H and O–H groups in total. The second-order valence-electron chi connectivity index (χ2n) is 12.1. The van der Waals surface area contributed by atoms with Gasteiger partial charge in [-0.2, -0.15) is 0 Å². The molecule has 4 atom stereocenters. The first-order valence-electron chi connectivity index (χ1n) is 14.8. The fraction of sp³-hybridized carbons (Fsp3) is 0.455. The number of ether oxygens (including phenoxy) is 1. The van der Waals surface area contributed by atoms with Gasteiger partial charge in [0.1, 0.15) is 28.6 Å². The van der Waals surface area contributed by atoms with Crippen LogP contribution in [0.4, 0.5) is 0 Å². The number of Topliss-reactive ketones (excluding diaryl/α,β-unsaturated/α-hetero) is 1. The van der Waals surface area contributed by atoms with Crippen LogP contribution in [0.25, 0.3) is 16.9 Å². The van der Waals surface area contributed by atoms with E-state index in [2.05, 4.69) is 18.7 Å². The molecule has 2 aromatic carbocycles. The molecule has 5 rings (SSSR count). The zero-order chi connectivity index (χ0) is 32.2. The number of fused-ring (bicyclic) bond motifs is 3. The zero-order valence-corrected chi connectivity index (χ0v) is 25.7. The number of nitrogens with zero attached hydrogens (tertiary/aromatic N) is 2. The summed E-state index contributed by atoms with van der Waals surface area (Å²) in [5, 5.41) is 56.0. The van der Waals surface area contributed by atoms with Crippen molar-refractivity contribution in [1.29, 1.82) is 0 Å². The van der Waals surface area contributed by atoms with Crippen molar-refractivity contribution in [1.82, 2.24) is 9.80 Å². The fourth-order valence-corrected chi connectivity index (χ4v) is 7.58. The van der Waals surface area contributed by atoms with Gasteiger partial charge in [0.15, 0.2) is 5.78 Å². The molecule has 0 heterocycles. The number of ketones is 1. The van der Waals surface area contributed by atoms with Crippen LogP contribution in [0.3, 0.4) is 0 Å². The first-order valence-corrected chi connectivity index (χ1v) is 14.8. The molecule has 236 valence electrons. The van der Waals surface area contributed by atoms with E-state index in [9.17, 15) is 35.1 Å². The Balaban J connectivity index is 1.68. The van der Waals surface area contributed by atoms with Crippen molar-refractivity contribution in [2.75, 3.05) is 34.3 Å². The van der Waals surface area contributed by atoms with E-state index in [0.717, 1.165) is 36.3 Å². The summed E-state index contributed by atoms with van der Waals surface area (Å²) in [6.45, 7) is 6.69. The maximum atomic E-state index is 14.1. The number of phenols is 1. The summed E-state index contributed by atoms with van der Waals surface area (Å²) in [6.07, 6.45) is 0.416. The van der Waals surface area contributed by atoms with Gasteiger partial charge in [0.25, 0.3) is 5.91 Å². The molecule has 3 aliphatic carbocycles. The Hall–Kier alpha value is -3.90. The normalized spacial score (nSPS) is 24.3. The van der Waals surface area contributed by atoms with Crippen molar-refractivity contribution in [3.05, 3.63) is 63.9 Å². The van der Waals surface area contributed by atoms with E-state index in [1.54, 1.807) is 32.2 Å². The van der Waals surface area contributed by atoms with Crippen LogP contribution in [0.15, 0.2) is 47.2 Å². The van der Waals surface area contributed by atoms with E-state index in [-0.39, 0.29) is 29.7 Å². The molecule has 0 aromatic heterocycles. The first kappa shape index (κ1) is 31.5. The Kier molecular flexibility index (Phi) is 8.27. The quantitative estimate of drug-likeness (QED) is 0.244. The first-order chi connectivity index (χ1) is 20.8. The summed E-state index contributed by atoms with van der Waals surface area (Å²) in [6, 6.07) is 8.24. The lowest BCUT2D eigenvalue weighted by Gasteiger charge is -2.51. The van der Waals surface area contributed by atoms with Crippen LogP contribution in [-0.4, -0.2) is 93.1 Å². The number of carbonyl (C=O) groups is 2. The average Bonchev–Trinajstić information content (AvgIpc) is 2.94. The number of nitrogens with two attached hydrogens (primary N) is 1. The summed E-state index contributed by atoms with van der Waals surface area (Å²) in [5.41, 5.74) is 7.80. The minimum Gasteiger partial charge on any atom is -0.510 e.